The number of hydrogen-bond acceptors (Lipinski definition) is 2. The van der Waals surface area contributed by atoms with Crippen LogP contribution in [0.5, 0.6) is 0 Å². The Bertz CT molecular complexity index is 199. The van der Waals surface area contributed by atoms with Crippen LogP contribution in [0.25, 0.3) is 0 Å². The quantitative estimate of drug-likeness (QED) is 0.721. The second kappa shape index (κ2) is 4.78. The van der Waals surface area contributed by atoms with Gasteiger partial charge in [0.25, 0.3) is 0 Å². The standard InChI is InChI=1S/C11H22N2O/c1-8(2)13(7-10-5-6-10)11(14)9(3)12-4/h8-10,12H,5-7H2,1-4H3. The molecule has 0 aromatic rings. The summed E-state index contributed by atoms with van der Waals surface area (Å²) >= 11 is 0. The van der Waals surface area contributed by atoms with Gasteiger partial charge in [-0.2, -0.15) is 0 Å². The number of carbonyl (C=O) groups is 1. The van der Waals surface area contributed by atoms with Crippen molar-refractivity contribution in [3.05, 3.63) is 0 Å². The molecule has 0 radical (unpaired) electrons. The van der Waals surface area contributed by atoms with Crippen LogP contribution in [-0.4, -0.2) is 36.5 Å². The minimum Gasteiger partial charge on any atom is -0.339 e. The van der Waals surface area contributed by atoms with Crippen LogP contribution in [0.2, 0.25) is 0 Å². The maximum Gasteiger partial charge on any atom is 0.239 e. The number of likely N-dealkylation sites (N-methyl/N-ethyl adjacent to an activating group) is 1. The molecule has 1 N–H and O–H groups in total. The predicted octanol–water partition coefficient (Wildman–Crippen LogP) is 1.24. The topological polar surface area (TPSA) is 32.3 Å². The number of hydrogen-bond donors (Lipinski definition) is 1. The van der Waals surface area contributed by atoms with E-state index in [1.54, 1.807) is 0 Å². The zero-order valence-electron chi connectivity index (χ0n) is 9.71. The van der Waals surface area contributed by atoms with Gasteiger partial charge < -0.3 is 10.2 Å². The van der Waals surface area contributed by atoms with Crippen LogP contribution in [0, 0.1) is 5.92 Å². The number of rotatable bonds is 5. The van der Waals surface area contributed by atoms with Gasteiger partial charge >= 0.3 is 0 Å². The van der Waals surface area contributed by atoms with Crippen LogP contribution in [0.15, 0.2) is 0 Å². The molecule has 0 heterocycles. The Labute approximate surface area is 86.9 Å². The number of carbonyl (C=O) groups excluding carboxylic acids is 1. The Morgan fingerprint density at radius 2 is 2.00 bits per heavy atom. The average Bonchev–Trinajstić information content (AvgIpc) is 2.95. The highest BCUT2D eigenvalue weighted by molar-refractivity contribution is 5.81. The van der Waals surface area contributed by atoms with Gasteiger partial charge in [0.1, 0.15) is 0 Å². The second-order valence-electron chi connectivity index (χ2n) is 4.54. The smallest absolute Gasteiger partial charge is 0.239 e. The molecule has 1 saturated carbocycles. The third kappa shape index (κ3) is 2.98. The minimum atomic E-state index is -0.0591. The van der Waals surface area contributed by atoms with Crippen LogP contribution in [-0.2, 0) is 4.79 Å². The van der Waals surface area contributed by atoms with Gasteiger partial charge in [0.05, 0.1) is 6.04 Å². The van der Waals surface area contributed by atoms with Gasteiger partial charge in [-0.25, -0.2) is 0 Å². The highest BCUT2D eigenvalue weighted by Crippen LogP contribution is 2.30. The number of nitrogens with zero attached hydrogens (tertiary/aromatic N) is 1. The van der Waals surface area contributed by atoms with Gasteiger partial charge in [0.2, 0.25) is 5.91 Å². The summed E-state index contributed by atoms with van der Waals surface area (Å²) in [5.41, 5.74) is 0. The molecule has 0 saturated heterocycles. The van der Waals surface area contributed by atoms with E-state index in [1.165, 1.54) is 12.8 Å². The lowest BCUT2D eigenvalue weighted by Crippen LogP contribution is -2.47. The summed E-state index contributed by atoms with van der Waals surface area (Å²) in [4.78, 5) is 13.9. The third-order valence-corrected chi connectivity index (χ3v) is 2.86. The van der Waals surface area contributed by atoms with E-state index in [1.807, 2.05) is 18.9 Å². The maximum absolute atomic E-state index is 11.9. The SMILES string of the molecule is CNC(C)C(=O)N(CC1CC1)C(C)C. The molecule has 3 heteroatoms. The van der Waals surface area contributed by atoms with Crippen molar-refractivity contribution < 1.29 is 4.79 Å². The van der Waals surface area contributed by atoms with E-state index in [0.29, 0.717) is 6.04 Å². The van der Waals surface area contributed by atoms with Crippen molar-refractivity contribution in [2.24, 2.45) is 5.92 Å². The summed E-state index contributed by atoms with van der Waals surface area (Å²) in [5.74, 6) is 1.000. The predicted molar refractivity (Wildman–Crippen MR) is 58.1 cm³/mol. The van der Waals surface area contributed by atoms with Gasteiger partial charge in [0, 0.05) is 12.6 Å². The number of nitrogens with one attached hydrogen (secondary N) is 1. The summed E-state index contributed by atoms with van der Waals surface area (Å²) in [7, 11) is 1.83. The minimum absolute atomic E-state index is 0.0591. The third-order valence-electron chi connectivity index (χ3n) is 2.86. The fourth-order valence-corrected chi connectivity index (χ4v) is 1.51. The summed E-state index contributed by atoms with van der Waals surface area (Å²) in [6, 6.07) is 0.259. The van der Waals surface area contributed by atoms with Crippen molar-refractivity contribution in [3.8, 4) is 0 Å². The molecule has 1 fully saturated rings. The van der Waals surface area contributed by atoms with Gasteiger partial charge in [-0.05, 0) is 46.6 Å². The van der Waals surface area contributed by atoms with Crippen molar-refractivity contribution in [1.82, 2.24) is 10.2 Å². The summed E-state index contributed by atoms with van der Waals surface area (Å²) in [6.07, 6.45) is 2.59. The first-order chi connectivity index (χ1) is 6.56. The molecule has 1 atom stereocenters. The number of amides is 1. The molecular weight excluding hydrogens is 176 g/mol. The van der Waals surface area contributed by atoms with E-state index in [9.17, 15) is 4.79 Å². The lowest BCUT2D eigenvalue weighted by atomic mass is 10.2. The maximum atomic E-state index is 11.9. The summed E-state index contributed by atoms with van der Waals surface area (Å²) < 4.78 is 0. The highest BCUT2D eigenvalue weighted by atomic mass is 16.2. The molecule has 14 heavy (non-hydrogen) atoms. The molecule has 1 aliphatic carbocycles. The van der Waals surface area contributed by atoms with E-state index >= 15 is 0 Å². The van der Waals surface area contributed by atoms with Crippen molar-refractivity contribution in [1.29, 1.82) is 0 Å². The van der Waals surface area contributed by atoms with Crippen molar-refractivity contribution in [3.63, 3.8) is 0 Å². The van der Waals surface area contributed by atoms with Crippen LogP contribution < -0.4 is 5.32 Å². The lowest BCUT2D eigenvalue weighted by Gasteiger charge is -2.29. The van der Waals surface area contributed by atoms with E-state index in [4.69, 9.17) is 0 Å². The fourth-order valence-electron chi connectivity index (χ4n) is 1.51. The second-order valence-corrected chi connectivity index (χ2v) is 4.54. The molecule has 0 aromatic carbocycles. The Kier molecular flexibility index (Phi) is 3.93. The molecule has 1 unspecified atom stereocenters. The van der Waals surface area contributed by atoms with E-state index in [0.717, 1.165) is 12.5 Å². The van der Waals surface area contributed by atoms with E-state index in [2.05, 4.69) is 19.2 Å². The highest BCUT2D eigenvalue weighted by Gasteiger charge is 2.29. The van der Waals surface area contributed by atoms with Crippen molar-refractivity contribution in [2.45, 2.75) is 45.7 Å². The molecule has 1 aliphatic rings. The molecule has 0 spiro atoms. The molecular formula is C11H22N2O. The summed E-state index contributed by atoms with van der Waals surface area (Å²) in [6.45, 7) is 7.04. The first kappa shape index (κ1) is 11.5. The van der Waals surface area contributed by atoms with Gasteiger partial charge in [0.15, 0.2) is 0 Å². The molecule has 0 bridgehead atoms. The Balaban J connectivity index is 2.51. The first-order valence-corrected chi connectivity index (χ1v) is 5.54. The van der Waals surface area contributed by atoms with E-state index < -0.39 is 0 Å². The zero-order valence-corrected chi connectivity index (χ0v) is 9.71. The first-order valence-electron chi connectivity index (χ1n) is 5.54. The Hall–Kier alpha value is -0.570. The van der Waals surface area contributed by atoms with Crippen molar-refractivity contribution in [2.75, 3.05) is 13.6 Å². The largest absolute Gasteiger partial charge is 0.339 e. The lowest BCUT2D eigenvalue weighted by molar-refractivity contribution is -0.134. The Morgan fingerprint density at radius 1 is 1.43 bits per heavy atom. The fraction of sp³-hybridized carbons (Fsp3) is 0.909. The molecule has 0 aliphatic heterocycles. The molecule has 1 rings (SSSR count). The summed E-state index contributed by atoms with van der Waals surface area (Å²) in [5, 5.41) is 3.00. The molecule has 0 aromatic heterocycles. The van der Waals surface area contributed by atoms with Crippen LogP contribution in [0.3, 0.4) is 0 Å². The van der Waals surface area contributed by atoms with Crippen LogP contribution >= 0.6 is 0 Å². The van der Waals surface area contributed by atoms with Crippen LogP contribution in [0.1, 0.15) is 33.6 Å². The average molecular weight is 198 g/mol. The Morgan fingerprint density at radius 3 is 2.36 bits per heavy atom. The van der Waals surface area contributed by atoms with Gasteiger partial charge in [-0.15, -0.1) is 0 Å². The normalized spacial score (nSPS) is 18.4. The van der Waals surface area contributed by atoms with Crippen molar-refractivity contribution >= 4 is 5.91 Å². The molecule has 82 valence electrons. The van der Waals surface area contributed by atoms with Gasteiger partial charge in [-0.1, -0.05) is 0 Å². The molecule has 3 nitrogen and oxygen atoms in total. The monoisotopic (exact) mass is 198 g/mol. The zero-order chi connectivity index (χ0) is 10.7. The molecule has 1 amide bonds. The van der Waals surface area contributed by atoms with Gasteiger partial charge in [-0.3, -0.25) is 4.79 Å². The van der Waals surface area contributed by atoms with E-state index in [-0.39, 0.29) is 11.9 Å². The van der Waals surface area contributed by atoms with Crippen LogP contribution in [0.4, 0.5) is 0 Å².